The highest BCUT2D eigenvalue weighted by molar-refractivity contribution is 5.29. The number of nitrogens with one attached hydrogen (secondary N) is 1. The fraction of sp³-hybridized carbons (Fsp3) is 0.571. The molecule has 1 rings (SSSR count). The van der Waals surface area contributed by atoms with Crippen molar-refractivity contribution < 1.29 is 9.13 Å². The molecule has 0 bridgehead atoms. The molecule has 0 amide bonds. The molecule has 96 valence electrons. The fourth-order valence-electron chi connectivity index (χ4n) is 1.88. The summed E-state index contributed by atoms with van der Waals surface area (Å²) in [7, 11) is 1.48. The first-order chi connectivity index (χ1) is 8.21. The summed E-state index contributed by atoms with van der Waals surface area (Å²) < 4.78 is 18.4. The molecule has 0 aliphatic carbocycles. The molecule has 3 heteroatoms. The van der Waals surface area contributed by atoms with Crippen molar-refractivity contribution in [2.75, 3.05) is 20.2 Å². The van der Waals surface area contributed by atoms with Crippen LogP contribution in [0.2, 0.25) is 0 Å². The van der Waals surface area contributed by atoms with Gasteiger partial charge in [0.15, 0.2) is 11.6 Å². The fourth-order valence-corrected chi connectivity index (χ4v) is 1.88. The first kappa shape index (κ1) is 14.0. The Morgan fingerprint density at radius 1 is 1.35 bits per heavy atom. The number of ether oxygens (including phenoxy) is 1. The Kier molecular flexibility index (Phi) is 5.98. The molecule has 0 saturated heterocycles. The first-order valence-corrected chi connectivity index (χ1v) is 6.24. The van der Waals surface area contributed by atoms with E-state index in [0.29, 0.717) is 11.7 Å². The quantitative estimate of drug-likeness (QED) is 0.789. The normalized spacial score (nSPS) is 12.5. The standard InChI is InChI=1S/C14H22FNO/c1-4-11(10-16-5-2)8-12-6-7-14(17-3)13(15)9-12/h6-7,9,11,16H,4-5,8,10H2,1-3H3. The molecular formula is C14H22FNO. The van der Waals surface area contributed by atoms with Gasteiger partial charge in [-0.3, -0.25) is 0 Å². The Morgan fingerprint density at radius 3 is 2.65 bits per heavy atom. The number of hydrogen-bond acceptors (Lipinski definition) is 2. The Labute approximate surface area is 103 Å². The van der Waals surface area contributed by atoms with E-state index < -0.39 is 0 Å². The molecule has 1 aromatic rings. The molecule has 1 aromatic carbocycles. The average Bonchev–Trinajstić information content (AvgIpc) is 2.34. The van der Waals surface area contributed by atoms with Gasteiger partial charge in [-0.2, -0.15) is 0 Å². The smallest absolute Gasteiger partial charge is 0.165 e. The molecule has 0 aromatic heterocycles. The highest BCUT2D eigenvalue weighted by atomic mass is 19.1. The van der Waals surface area contributed by atoms with Crippen molar-refractivity contribution >= 4 is 0 Å². The highest BCUT2D eigenvalue weighted by Crippen LogP contribution is 2.20. The summed E-state index contributed by atoms with van der Waals surface area (Å²) >= 11 is 0. The van der Waals surface area contributed by atoms with Gasteiger partial charge in [-0.15, -0.1) is 0 Å². The maximum atomic E-state index is 13.5. The third-order valence-corrected chi connectivity index (χ3v) is 3.00. The highest BCUT2D eigenvalue weighted by Gasteiger charge is 2.09. The van der Waals surface area contributed by atoms with Gasteiger partial charge in [0.1, 0.15) is 0 Å². The second kappa shape index (κ2) is 7.28. The summed E-state index contributed by atoms with van der Waals surface area (Å²) in [6.45, 7) is 6.23. The van der Waals surface area contributed by atoms with Crippen molar-refractivity contribution in [1.29, 1.82) is 0 Å². The maximum Gasteiger partial charge on any atom is 0.165 e. The molecule has 2 nitrogen and oxygen atoms in total. The van der Waals surface area contributed by atoms with Gasteiger partial charge in [0.2, 0.25) is 0 Å². The van der Waals surface area contributed by atoms with Crippen LogP contribution in [0.4, 0.5) is 4.39 Å². The third kappa shape index (κ3) is 4.35. The van der Waals surface area contributed by atoms with Crippen molar-refractivity contribution in [3.8, 4) is 5.75 Å². The van der Waals surface area contributed by atoms with Crippen LogP contribution < -0.4 is 10.1 Å². The van der Waals surface area contributed by atoms with Crippen LogP contribution in [-0.2, 0) is 6.42 Å². The number of methoxy groups -OCH3 is 1. The Bertz CT molecular complexity index is 341. The second-order valence-corrected chi connectivity index (χ2v) is 4.25. The molecule has 0 spiro atoms. The zero-order valence-electron chi connectivity index (χ0n) is 10.9. The molecule has 0 saturated carbocycles. The SMILES string of the molecule is CCNCC(CC)Cc1ccc(OC)c(F)c1. The maximum absolute atomic E-state index is 13.5. The lowest BCUT2D eigenvalue weighted by Gasteiger charge is -2.15. The lowest BCUT2D eigenvalue weighted by atomic mass is 9.96. The number of rotatable bonds is 7. The minimum atomic E-state index is -0.275. The largest absolute Gasteiger partial charge is 0.494 e. The monoisotopic (exact) mass is 239 g/mol. The molecule has 0 fully saturated rings. The van der Waals surface area contributed by atoms with E-state index in [9.17, 15) is 4.39 Å². The van der Waals surface area contributed by atoms with E-state index in [1.165, 1.54) is 7.11 Å². The van der Waals surface area contributed by atoms with E-state index in [2.05, 4.69) is 19.2 Å². The number of benzene rings is 1. The van der Waals surface area contributed by atoms with Crippen molar-refractivity contribution in [3.05, 3.63) is 29.6 Å². The predicted molar refractivity (Wildman–Crippen MR) is 69.0 cm³/mol. The molecule has 17 heavy (non-hydrogen) atoms. The molecular weight excluding hydrogens is 217 g/mol. The van der Waals surface area contributed by atoms with Gasteiger partial charge in [0.05, 0.1) is 7.11 Å². The van der Waals surface area contributed by atoms with Gasteiger partial charge in [-0.1, -0.05) is 26.3 Å². The molecule has 0 heterocycles. The van der Waals surface area contributed by atoms with E-state index in [0.717, 1.165) is 31.5 Å². The molecule has 0 aliphatic rings. The van der Waals surface area contributed by atoms with Crippen LogP contribution >= 0.6 is 0 Å². The number of hydrogen-bond donors (Lipinski definition) is 1. The summed E-state index contributed by atoms with van der Waals surface area (Å²) in [5.41, 5.74) is 1.04. The molecule has 0 aliphatic heterocycles. The Morgan fingerprint density at radius 2 is 2.12 bits per heavy atom. The van der Waals surface area contributed by atoms with Crippen LogP contribution in [0.25, 0.3) is 0 Å². The van der Waals surface area contributed by atoms with E-state index in [1.807, 2.05) is 6.07 Å². The minimum absolute atomic E-state index is 0.275. The summed E-state index contributed by atoms with van der Waals surface area (Å²) in [6, 6.07) is 5.22. The lowest BCUT2D eigenvalue weighted by molar-refractivity contribution is 0.385. The van der Waals surface area contributed by atoms with Crippen molar-refractivity contribution in [1.82, 2.24) is 5.32 Å². The minimum Gasteiger partial charge on any atom is -0.494 e. The van der Waals surface area contributed by atoms with Crippen LogP contribution in [0.15, 0.2) is 18.2 Å². The van der Waals surface area contributed by atoms with E-state index in [-0.39, 0.29) is 5.82 Å². The summed E-state index contributed by atoms with van der Waals surface area (Å²) in [4.78, 5) is 0. The Balaban J connectivity index is 2.63. The van der Waals surface area contributed by atoms with Gasteiger partial charge >= 0.3 is 0 Å². The average molecular weight is 239 g/mol. The lowest BCUT2D eigenvalue weighted by Crippen LogP contribution is -2.23. The topological polar surface area (TPSA) is 21.3 Å². The van der Waals surface area contributed by atoms with Crippen LogP contribution in [0.1, 0.15) is 25.8 Å². The van der Waals surface area contributed by atoms with Gasteiger partial charge in [0.25, 0.3) is 0 Å². The Hall–Kier alpha value is -1.09. The summed E-state index contributed by atoms with van der Waals surface area (Å²) in [5, 5.41) is 3.34. The molecule has 1 N–H and O–H groups in total. The van der Waals surface area contributed by atoms with Crippen LogP contribution in [-0.4, -0.2) is 20.2 Å². The predicted octanol–water partition coefficient (Wildman–Crippen LogP) is 3.01. The van der Waals surface area contributed by atoms with Crippen molar-refractivity contribution in [3.63, 3.8) is 0 Å². The van der Waals surface area contributed by atoms with E-state index in [1.54, 1.807) is 12.1 Å². The third-order valence-electron chi connectivity index (χ3n) is 3.00. The van der Waals surface area contributed by atoms with E-state index >= 15 is 0 Å². The molecule has 0 radical (unpaired) electrons. The van der Waals surface area contributed by atoms with Crippen LogP contribution in [0.5, 0.6) is 5.75 Å². The van der Waals surface area contributed by atoms with Crippen molar-refractivity contribution in [2.24, 2.45) is 5.92 Å². The van der Waals surface area contributed by atoms with E-state index in [4.69, 9.17) is 4.74 Å². The van der Waals surface area contributed by atoms with Gasteiger partial charge < -0.3 is 10.1 Å². The van der Waals surface area contributed by atoms with Crippen LogP contribution in [0.3, 0.4) is 0 Å². The van der Waals surface area contributed by atoms with Gasteiger partial charge in [-0.05, 0) is 43.1 Å². The summed E-state index contributed by atoms with van der Waals surface area (Å²) in [5.74, 6) is 0.597. The first-order valence-electron chi connectivity index (χ1n) is 6.24. The second-order valence-electron chi connectivity index (χ2n) is 4.25. The molecule has 1 atom stereocenters. The van der Waals surface area contributed by atoms with Crippen LogP contribution in [0, 0.1) is 11.7 Å². The zero-order chi connectivity index (χ0) is 12.7. The van der Waals surface area contributed by atoms with Crippen molar-refractivity contribution in [2.45, 2.75) is 26.7 Å². The van der Waals surface area contributed by atoms with Gasteiger partial charge in [0, 0.05) is 0 Å². The molecule has 1 unspecified atom stereocenters. The number of halogens is 1. The zero-order valence-corrected chi connectivity index (χ0v) is 10.9. The summed E-state index contributed by atoms with van der Waals surface area (Å²) in [6.07, 6.45) is 2.01. The van der Waals surface area contributed by atoms with Gasteiger partial charge in [-0.25, -0.2) is 4.39 Å².